The molecule has 0 aliphatic heterocycles. The number of nitrogens with zero attached hydrogens (tertiary/aromatic N) is 2. The molecule has 2 heteroatoms. The van der Waals surface area contributed by atoms with Gasteiger partial charge in [0, 0.05) is 33.5 Å². The molecule has 340 valence electrons. The molecule has 0 aromatic heterocycles. The van der Waals surface area contributed by atoms with E-state index in [2.05, 4.69) is 254 Å². The summed E-state index contributed by atoms with van der Waals surface area (Å²) in [4.78, 5) is 5.11. The largest absolute Gasteiger partial charge is 0.310 e. The Morgan fingerprint density at radius 1 is 0.318 bits per heavy atom. The monoisotopic (exact) mass is 871 g/mol. The molecule has 2 nitrogen and oxygen atoms in total. The van der Waals surface area contributed by atoms with E-state index in [1.54, 1.807) is 0 Å². The molecule has 8 aromatic carbocycles. The van der Waals surface area contributed by atoms with E-state index in [0.29, 0.717) is 0 Å². The topological polar surface area (TPSA) is 6.48 Å². The van der Waals surface area contributed by atoms with Gasteiger partial charge in [-0.15, -0.1) is 0 Å². The fourth-order valence-corrected chi connectivity index (χ4v) is 9.78. The van der Waals surface area contributed by atoms with Gasteiger partial charge in [-0.2, -0.15) is 0 Å². The first-order chi connectivity index (χ1) is 31.0. The van der Waals surface area contributed by atoms with Gasteiger partial charge >= 0.3 is 0 Å². The molecule has 0 saturated carbocycles. The van der Waals surface area contributed by atoms with Gasteiger partial charge in [0.25, 0.3) is 0 Å². The fraction of sp³-hybridized carbons (Fsp3) is 0.344. The van der Waals surface area contributed by atoms with Gasteiger partial charge in [-0.25, -0.2) is 0 Å². The van der Waals surface area contributed by atoms with Crippen LogP contribution in [0.5, 0.6) is 0 Å². The van der Waals surface area contributed by atoms with Gasteiger partial charge in [0.2, 0.25) is 0 Å². The summed E-state index contributed by atoms with van der Waals surface area (Å²) in [5.74, 6) is 0. The van der Waals surface area contributed by atoms with Crippen molar-refractivity contribution in [1.29, 1.82) is 0 Å². The summed E-state index contributed by atoms with van der Waals surface area (Å²) in [6.45, 7) is 37.1. The molecule has 0 fully saturated rings. The number of benzene rings is 8. The Morgan fingerprint density at radius 2 is 0.621 bits per heavy atom. The SMILES string of the molecule is CCc1ccc(N(c2cc(C(C)(C)C)cc(C(C)(C)C)c2)c2cc3c4ccccc4c(N(c4cc(C(C)(C)C)cc(C(C)(C)C)c4)c4ccc(CC)c(C)c4)cc3c3ccccc23)cc1C. The van der Waals surface area contributed by atoms with E-state index in [-0.39, 0.29) is 21.7 Å². The minimum absolute atomic E-state index is 0.0387. The first kappa shape index (κ1) is 46.7. The fourth-order valence-electron chi connectivity index (χ4n) is 9.78. The summed E-state index contributed by atoms with van der Waals surface area (Å²) in [5, 5.41) is 7.41. The van der Waals surface area contributed by atoms with Crippen LogP contribution in [-0.2, 0) is 34.5 Å². The second-order valence-corrected chi connectivity index (χ2v) is 23.1. The number of anilines is 6. The van der Waals surface area contributed by atoms with Crippen molar-refractivity contribution in [3.05, 3.63) is 178 Å². The molecule has 0 aliphatic carbocycles. The Kier molecular flexibility index (Phi) is 12.1. The van der Waals surface area contributed by atoms with Crippen molar-refractivity contribution in [1.82, 2.24) is 0 Å². The quantitative estimate of drug-likeness (QED) is 0.140. The van der Waals surface area contributed by atoms with Crippen LogP contribution in [0, 0.1) is 13.8 Å². The van der Waals surface area contributed by atoms with Crippen LogP contribution in [0.15, 0.2) is 133 Å². The van der Waals surface area contributed by atoms with Crippen LogP contribution < -0.4 is 9.80 Å². The predicted molar refractivity (Wildman–Crippen MR) is 291 cm³/mol. The highest BCUT2D eigenvalue weighted by atomic mass is 15.2. The Balaban J connectivity index is 1.50. The molecule has 0 spiro atoms. The lowest BCUT2D eigenvalue weighted by atomic mass is 9.80. The number of hydrogen-bond donors (Lipinski definition) is 0. The summed E-state index contributed by atoms with van der Waals surface area (Å²) in [5.41, 5.74) is 17.7. The molecule has 0 radical (unpaired) electrons. The van der Waals surface area contributed by atoms with Crippen LogP contribution in [0.2, 0.25) is 0 Å². The average Bonchev–Trinajstić information content (AvgIpc) is 3.25. The van der Waals surface area contributed by atoms with Crippen molar-refractivity contribution >= 4 is 66.4 Å². The van der Waals surface area contributed by atoms with E-state index < -0.39 is 0 Å². The molecule has 0 heterocycles. The molecule has 8 aromatic rings. The zero-order chi connectivity index (χ0) is 47.7. The maximum absolute atomic E-state index is 2.55. The van der Waals surface area contributed by atoms with Gasteiger partial charge in [-0.3, -0.25) is 0 Å². The Morgan fingerprint density at radius 3 is 0.894 bits per heavy atom. The molecule has 0 amide bonds. The normalized spacial score (nSPS) is 12.7. The minimum atomic E-state index is -0.0387. The summed E-state index contributed by atoms with van der Waals surface area (Å²) >= 11 is 0. The molecule has 0 N–H and O–H groups in total. The number of aryl methyl sites for hydroxylation is 4. The average molecular weight is 871 g/mol. The summed E-state index contributed by atoms with van der Waals surface area (Å²) < 4.78 is 0. The predicted octanol–water partition coefficient (Wildman–Crippen LogP) is 19.0. The van der Waals surface area contributed by atoms with Crippen LogP contribution in [0.3, 0.4) is 0 Å². The number of hydrogen-bond acceptors (Lipinski definition) is 2. The van der Waals surface area contributed by atoms with Crippen molar-refractivity contribution < 1.29 is 0 Å². The van der Waals surface area contributed by atoms with Crippen molar-refractivity contribution in [2.45, 2.75) is 145 Å². The number of fused-ring (bicyclic) bond motifs is 5. The lowest BCUT2D eigenvalue weighted by Crippen LogP contribution is -2.19. The van der Waals surface area contributed by atoms with E-state index in [0.717, 1.165) is 12.8 Å². The van der Waals surface area contributed by atoms with E-state index in [4.69, 9.17) is 0 Å². The molecule has 0 saturated heterocycles. The molecule has 66 heavy (non-hydrogen) atoms. The van der Waals surface area contributed by atoms with Crippen LogP contribution in [0.4, 0.5) is 34.1 Å². The summed E-state index contributed by atoms with van der Waals surface area (Å²) in [6, 6.07) is 52.0. The van der Waals surface area contributed by atoms with Crippen LogP contribution in [0.1, 0.15) is 141 Å². The molecular formula is C64H74N2. The third-order valence-corrected chi connectivity index (χ3v) is 14.1. The lowest BCUT2D eigenvalue weighted by molar-refractivity contribution is 0.568. The van der Waals surface area contributed by atoms with Crippen molar-refractivity contribution in [2.24, 2.45) is 0 Å². The standard InChI is InChI=1S/C64H74N2/c1-17-43-27-29-49(31-41(43)3)65(51-35-45(61(5,6)7)33-46(36-51)62(8,9)10)59-39-57-54-24-20-22-26-56(54)60(40-58(57)53-23-19-21-25-55(53)59)66(50-30-28-44(18-2)42(4)32-50)52-37-47(63(11,12)13)34-48(38-52)64(14,15)16/h19-40H,17-18H2,1-16H3. The molecular weight excluding hydrogens is 797 g/mol. The third-order valence-electron chi connectivity index (χ3n) is 14.1. The van der Waals surface area contributed by atoms with E-state index >= 15 is 0 Å². The maximum Gasteiger partial charge on any atom is 0.0546 e. The maximum atomic E-state index is 2.55. The molecule has 0 bridgehead atoms. The highest BCUT2D eigenvalue weighted by molar-refractivity contribution is 6.24. The first-order valence-corrected chi connectivity index (χ1v) is 24.5. The molecule has 0 aliphatic rings. The van der Waals surface area contributed by atoms with Crippen molar-refractivity contribution in [2.75, 3.05) is 9.80 Å². The highest BCUT2D eigenvalue weighted by Gasteiger charge is 2.28. The van der Waals surface area contributed by atoms with Crippen LogP contribution in [0.25, 0.3) is 32.3 Å². The third kappa shape index (κ3) is 8.89. The summed E-state index contributed by atoms with van der Waals surface area (Å²) in [7, 11) is 0. The van der Waals surface area contributed by atoms with Gasteiger partial charge < -0.3 is 9.80 Å². The van der Waals surface area contributed by atoms with E-state index in [1.807, 2.05) is 0 Å². The van der Waals surface area contributed by atoms with Crippen molar-refractivity contribution in [3.8, 4) is 0 Å². The molecule has 0 unspecified atom stereocenters. The second-order valence-electron chi connectivity index (χ2n) is 23.1. The van der Waals surface area contributed by atoms with Gasteiger partial charge in [0.1, 0.15) is 0 Å². The number of rotatable bonds is 8. The zero-order valence-corrected chi connectivity index (χ0v) is 43.0. The second kappa shape index (κ2) is 17.1. The van der Waals surface area contributed by atoms with Gasteiger partial charge in [-0.1, -0.05) is 170 Å². The van der Waals surface area contributed by atoms with Crippen LogP contribution in [-0.4, -0.2) is 0 Å². The first-order valence-electron chi connectivity index (χ1n) is 24.5. The van der Waals surface area contributed by atoms with Crippen molar-refractivity contribution in [3.63, 3.8) is 0 Å². The van der Waals surface area contributed by atoms with E-state index in [1.165, 1.54) is 111 Å². The van der Waals surface area contributed by atoms with Gasteiger partial charge in [-0.05, 0) is 175 Å². The minimum Gasteiger partial charge on any atom is -0.310 e. The zero-order valence-electron chi connectivity index (χ0n) is 43.0. The molecule has 0 atom stereocenters. The van der Waals surface area contributed by atoms with Gasteiger partial charge in [0.05, 0.1) is 11.4 Å². The van der Waals surface area contributed by atoms with Crippen LogP contribution >= 0.6 is 0 Å². The Labute approximate surface area is 397 Å². The van der Waals surface area contributed by atoms with Gasteiger partial charge in [0.15, 0.2) is 0 Å². The lowest BCUT2D eigenvalue weighted by Gasteiger charge is -2.33. The smallest absolute Gasteiger partial charge is 0.0546 e. The molecule has 8 rings (SSSR count). The Bertz CT molecular complexity index is 2840. The Hall–Kier alpha value is -5.86. The summed E-state index contributed by atoms with van der Waals surface area (Å²) in [6.07, 6.45) is 2.01. The highest BCUT2D eigenvalue weighted by Crippen LogP contribution is 2.50. The van der Waals surface area contributed by atoms with E-state index in [9.17, 15) is 0 Å².